The molecule has 0 aromatic heterocycles. The number of aliphatic carboxylic acids is 1. The van der Waals surface area contributed by atoms with E-state index in [-0.39, 0.29) is 12.5 Å². The number of anilines is 1. The molecule has 0 aliphatic heterocycles. The Morgan fingerprint density at radius 1 is 1.47 bits per heavy atom. The van der Waals surface area contributed by atoms with E-state index in [2.05, 4.69) is 5.32 Å². The molecule has 17 heavy (non-hydrogen) atoms. The van der Waals surface area contributed by atoms with E-state index in [9.17, 15) is 9.59 Å². The normalized spacial score (nSPS) is 11.9. The molecule has 0 spiro atoms. The summed E-state index contributed by atoms with van der Waals surface area (Å²) in [5.41, 5.74) is 7.28. The molecule has 1 atom stereocenters. The fourth-order valence-electron chi connectivity index (χ4n) is 1.56. The average molecular weight is 236 g/mol. The van der Waals surface area contributed by atoms with Crippen molar-refractivity contribution in [1.29, 1.82) is 0 Å². The van der Waals surface area contributed by atoms with Crippen molar-refractivity contribution in [1.82, 2.24) is 0 Å². The molecule has 1 aromatic carbocycles. The molecule has 92 valence electrons. The summed E-state index contributed by atoms with van der Waals surface area (Å²) >= 11 is 0. The number of hydrogen-bond acceptors (Lipinski definition) is 3. The van der Waals surface area contributed by atoms with Crippen LogP contribution in [0.25, 0.3) is 0 Å². The van der Waals surface area contributed by atoms with Gasteiger partial charge in [0.1, 0.15) is 0 Å². The zero-order valence-electron chi connectivity index (χ0n) is 9.86. The fourth-order valence-corrected chi connectivity index (χ4v) is 1.56. The van der Waals surface area contributed by atoms with Crippen molar-refractivity contribution in [3.8, 4) is 0 Å². The van der Waals surface area contributed by atoms with Gasteiger partial charge in [0.15, 0.2) is 0 Å². The Labute approximate surface area is 99.6 Å². The number of hydrogen-bond donors (Lipinski definition) is 3. The minimum Gasteiger partial charge on any atom is -0.481 e. The van der Waals surface area contributed by atoms with Gasteiger partial charge in [-0.25, -0.2) is 0 Å². The van der Waals surface area contributed by atoms with Gasteiger partial charge in [-0.2, -0.15) is 0 Å². The van der Waals surface area contributed by atoms with Gasteiger partial charge >= 0.3 is 5.97 Å². The van der Waals surface area contributed by atoms with Crippen LogP contribution in [-0.4, -0.2) is 23.0 Å². The largest absolute Gasteiger partial charge is 0.481 e. The minimum absolute atomic E-state index is 0.0387. The summed E-state index contributed by atoms with van der Waals surface area (Å²) in [7, 11) is 0. The number of carboxylic acid groups (broad SMARTS) is 1. The van der Waals surface area contributed by atoms with E-state index in [1.54, 1.807) is 25.1 Å². The quantitative estimate of drug-likeness (QED) is 0.719. The number of rotatable bonds is 5. The predicted molar refractivity (Wildman–Crippen MR) is 65.0 cm³/mol. The Morgan fingerprint density at radius 2 is 2.12 bits per heavy atom. The third-order valence-electron chi connectivity index (χ3n) is 2.39. The van der Waals surface area contributed by atoms with Crippen molar-refractivity contribution < 1.29 is 14.7 Å². The van der Waals surface area contributed by atoms with Crippen molar-refractivity contribution in [2.45, 2.75) is 26.3 Å². The van der Waals surface area contributed by atoms with E-state index in [0.29, 0.717) is 5.56 Å². The van der Waals surface area contributed by atoms with Gasteiger partial charge in [0.2, 0.25) is 5.91 Å². The first-order valence-corrected chi connectivity index (χ1v) is 5.29. The average Bonchev–Trinajstić information content (AvgIpc) is 2.19. The molecule has 1 amide bonds. The van der Waals surface area contributed by atoms with Crippen LogP contribution in [-0.2, 0) is 4.79 Å². The summed E-state index contributed by atoms with van der Waals surface area (Å²) in [6.07, 6.45) is 0.0387. The predicted octanol–water partition coefficient (Wildman–Crippen LogP) is 1.37. The van der Waals surface area contributed by atoms with Gasteiger partial charge in [0.25, 0.3) is 0 Å². The number of carboxylic acids is 1. The van der Waals surface area contributed by atoms with E-state index in [1.165, 1.54) is 0 Å². The zero-order chi connectivity index (χ0) is 13.0. The number of benzene rings is 1. The van der Waals surface area contributed by atoms with Crippen LogP contribution in [0, 0.1) is 6.92 Å². The third kappa shape index (κ3) is 3.79. The SMILES string of the molecule is Cc1cc(C(N)=O)ccc1NC(C)CC(=O)O. The first-order chi connectivity index (χ1) is 7.90. The molecule has 0 heterocycles. The van der Waals surface area contributed by atoms with Gasteiger partial charge in [-0.15, -0.1) is 0 Å². The van der Waals surface area contributed by atoms with E-state index in [1.807, 2.05) is 6.92 Å². The van der Waals surface area contributed by atoms with Crippen LogP contribution < -0.4 is 11.1 Å². The Morgan fingerprint density at radius 3 is 2.59 bits per heavy atom. The molecular formula is C12H16N2O3. The summed E-state index contributed by atoms with van der Waals surface area (Å²) in [5.74, 6) is -1.32. The maximum absolute atomic E-state index is 11.0. The summed E-state index contributed by atoms with van der Waals surface area (Å²) in [5, 5.41) is 11.7. The monoisotopic (exact) mass is 236 g/mol. The molecule has 0 fully saturated rings. The number of aryl methyl sites for hydroxylation is 1. The van der Waals surface area contributed by atoms with Gasteiger partial charge in [0.05, 0.1) is 6.42 Å². The molecule has 5 heteroatoms. The molecule has 1 rings (SSSR count). The highest BCUT2D eigenvalue weighted by molar-refractivity contribution is 5.93. The molecule has 0 bridgehead atoms. The molecule has 1 aromatic rings. The van der Waals surface area contributed by atoms with Crippen molar-refractivity contribution in [3.05, 3.63) is 29.3 Å². The lowest BCUT2D eigenvalue weighted by Crippen LogP contribution is -2.20. The third-order valence-corrected chi connectivity index (χ3v) is 2.39. The van der Waals surface area contributed by atoms with Crippen LogP contribution in [0.5, 0.6) is 0 Å². The molecular weight excluding hydrogens is 220 g/mol. The smallest absolute Gasteiger partial charge is 0.305 e. The molecule has 0 saturated carbocycles. The minimum atomic E-state index is -0.851. The van der Waals surface area contributed by atoms with E-state index in [4.69, 9.17) is 10.8 Å². The second-order valence-corrected chi connectivity index (χ2v) is 4.04. The van der Waals surface area contributed by atoms with E-state index >= 15 is 0 Å². The molecule has 5 nitrogen and oxygen atoms in total. The highest BCUT2D eigenvalue weighted by Crippen LogP contribution is 2.17. The lowest BCUT2D eigenvalue weighted by Gasteiger charge is -2.15. The van der Waals surface area contributed by atoms with Crippen molar-refractivity contribution >= 4 is 17.6 Å². The standard InChI is InChI=1S/C12H16N2O3/c1-7-5-9(12(13)17)3-4-10(7)14-8(2)6-11(15)16/h3-5,8,14H,6H2,1-2H3,(H2,13,17)(H,15,16). The number of nitrogens with two attached hydrogens (primary N) is 1. The lowest BCUT2D eigenvalue weighted by atomic mass is 10.1. The van der Waals surface area contributed by atoms with E-state index in [0.717, 1.165) is 11.3 Å². The molecule has 0 radical (unpaired) electrons. The fraction of sp³-hybridized carbons (Fsp3) is 0.333. The van der Waals surface area contributed by atoms with Gasteiger partial charge in [0, 0.05) is 17.3 Å². The van der Waals surface area contributed by atoms with Crippen LogP contribution >= 0.6 is 0 Å². The number of amides is 1. The Bertz CT molecular complexity index is 443. The van der Waals surface area contributed by atoms with Crippen LogP contribution in [0.2, 0.25) is 0 Å². The van der Waals surface area contributed by atoms with Gasteiger partial charge in [-0.1, -0.05) is 0 Å². The first-order valence-electron chi connectivity index (χ1n) is 5.29. The lowest BCUT2D eigenvalue weighted by molar-refractivity contribution is -0.137. The topological polar surface area (TPSA) is 92.4 Å². The summed E-state index contributed by atoms with van der Waals surface area (Å²) in [6, 6.07) is 4.85. The zero-order valence-corrected chi connectivity index (χ0v) is 9.86. The van der Waals surface area contributed by atoms with Crippen LogP contribution in [0.3, 0.4) is 0 Å². The molecule has 4 N–H and O–H groups in total. The van der Waals surface area contributed by atoms with Crippen molar-refractivity contribution in [3.63, 3.8) is 0 Å². The first kappa shape index (κ1) is 13.0. The second kappa shape index (κ2) is 5.34. The van der Waals surface area contributed by atoms with Crippen LogP contribution in [0.1, 0.15) is 29.3 Å². The van der Waals surface area contributed by atoms with Crippen molar-refractivity contribution in [2.24, 2.45) is 5.73 Å². The number of carbonyl (C=O) groups excluding carboxylic acids is 1. The van der Waals surface area contributed by atoms with Gasteiger partial charge in [-0.3, -0.25) is 9.59 Å². The highest BCUT2D eigenvalue weighted by Gasteiger charge is 2.09. The second-order valence-electron chi connectivity index (χ2n) is 4.04. The molecule has 0 saturated heterocycles. The summed E-state index contributed by atoms with van der Waals surface area (Å²) < 4.78 is 0. The van der Waals surface area contributed by atoms with Crippen molar-refractivity contribution in [2.75, 3.05) is 5.32 Å². The summed E-state index contributed by atoms with van der Waals surface area (Å²) in [4.78, 5) is 21.5. The van der Waals surface area contributed by atoms with Gasteiger partial charge < -0.3 is 16.2 Å². The number of nitrogens with one attached hydrogen (secondary N) is 1. The van der Waals surface area contributed by atoms with Gasteiger partial charge in [-0.05, 0) is 37.6 Å². The number of primary amides is 1. The maximum Gasteiger partial charge on any atom is 0.305 e. The van der Waals surface area contributed by atoms with Crippen LogP contribution in [0.4, 0.5) is 5.69 Å². The number of carbonyl (C=O) groups is 2. The maximum atomic E-state index is 11.0. The Kier molecular flexibility index (Phi) is 4.09. The van der Waals surface area contributed by atoms with E-state index < -0.39 is 11.9 Å². The Balaban J connectivity index is 2.79. The molecule has 0 aliphatic rings. The molecule has 0 aliphatic carbocycles. The Hall–Kier alpha value is -2.04. The summed E-state index contributed by atoms with van der Waals surface area (Å²) in [6.45, 7) is 3.62. The highest BCUT2D eigenvalue weighted by atomic mass is 16.4. The van der Waals surface area contributed by atoms with Crippen LogP contribution in [0.15, 0.2) is 18.2 Å². The molecule has 1 unspecified atom stereocenters.